The molecule has 6 nitrogen and oxygen atoms in total. The Labute approximate surface area is 193 Å². The van der Waals surface area contributed by atoms with Crippen molar-refractivity contribution in [3.8, 4) is 5.75 Å². The Kier molecular flexibility index (Phi) is 7.11. The maximum Gasteiger partial charge on any atom is 0.262 e. The number of nitrogens with one attached hydrogen (secondary N) is 2. The van der Waals surface area contributed by atoms with E-state index in [0.717, 1.165) is 5.56 Å². The molecule has 3 aromatic carbocycles. The molecule has 0 atom stereocenters. The number of carbonyl (C=O) groups is 1. The van der Waals surface area contributed by atoms with Crippen LogP contribution in [0.2, 0.25) is 5.02 Å². The standard InChI is InChI=1S/C24H25ClN2O4S/c1-24(2,3)19-8-4-7-11-22(19)31-16-23(28)26-17-12-14-18(15-13-17)32(29,30)27-21-10-6-5-9-20(21)25/h4-15,27H,16H2,1-3H3,(H,26,28). The number of ether oxygens (including phenoxy) is 1. The average molecular weight is 473 g/mol. The fourth-order valence-electron chi connectivity index (χ4n) is 3.02. The number of benzene rings is 3. The van der Waals surface area contributed by atoms with E-state index in [4.69, 9.17) is 16.3 Å². The zero-order valence-corrected chi connectivity index (χ0v) is 19.6. The number of carbonyl (C=O) groups excluding carboxylic acids is 1. The summed E-state index contributed by atoms with van der Waals surface area (Å²) in [5, 5.41) is 3.01. The summed E-state index contributed by atoms with van der Waals surface area (Å²) in [5.74, 6) is 0.306. The van der Waals surface area contributed by atoms with Crippen LogP contribution < -0.4 is 14.8 Å². The molecule has 168 valence electrons. The fraction of sp³-hybridized carbons (Fsp3) is 0.208. The van der Waals surface area contributed by atoms with Crippen molar-refractivity contribution in [2.45, 2.75) is 31.1 Å². The van der Waals surface area contributed by atoms with Crippen molar-refractivity contribution in [1.82, 2.24) is 0 Å². The second-order valence-corrected chi connectivity index (χ2v) is 10.3. The van der Waals surface area contributed by atoms with Gasteiger partial charge >= 0.3 is 0 Å². The molecule has 0 unspecified atom stereocenters. The molecular weight excluding hydrogens is 448 g/mol. The van der Waals surface area contributed by atoms with Crippen LogP contribution in [0.3, 0.4) is 0 Å². The second kappa shape index (κ2) is 9.63. The second-order valence-electron chi connectivity index (χ2n) is 8.19. The van der Waals surface area contributed by atoms with Gasteiger partial charge in [0.25, 0.3) is 15.9 Å². The van der Waals surface area contributed by atoms with Gasteiger partial charge in [-0.1, -0.05) is 62.7 Å². The van der Waals surface area contributed by atoms with Gasteiger partial charge in [-0.25, -0.2) is 8.42 Å². The van der Waals surface area contributed by atoms with Crippen LogP contribution >= 0.6 is 11.6 Å². The van der Waals surface area contributed by atoms with Gasteiger partial charge in [0.05, 0.1) is 15.6 Å². The number of rotatable bonds is 7. The van der Waals surface area contributed by atoms with Crippen LogP contribution in [0.25, 0.3) is 0 Å². The SMILES string of the molecule is CC(C)(C)c1ccccc1OCC(=O)Nc1ccc(S(=O)(=O)Nc2ccccc2Cl)cc1. The Morgan fingerprint density at radius 2 is 1.56 bits per heavy atom. The van der Waals surface area contributed by atoms with Gasteiger partial charge in [-0.15, -0.1) is 0 Å². The molecule has 0 spiro atoms. The van der Waals surface area contributed by atoms with Crippen LogP contribution in [0.4, 0.5) is 11.4 Å². The summed E-state index contributed by atoms with van der Waals surface area (Å²) in [4.78, 5) is 12.4. The monoisotopic (exact) mass is 472 g/mol. The number of anilines is 2. The quantitative estimate of drug-likeness (QED) is 0.478. The van der Waals surface area contributed by atoms with Crippen molar-refractivity contribution in [2.24, 2.45) is 0 Å². The van der Waals surface area contributed by atoms with Gasteiger partial charge in [0.1, 0.15) is 5.75 Å². The molecule has 32 heavy (non-hydrogen) atoms. The van der Waals surface area contributed by atoms with E-state index in [1.807, 2.05) is 24.3 Å². The largest absolute Gasteiger partial charge is 0.483 e. The lowest BCUT2D eigenvalue weighted by Gasteiger charge is -2.22. The molecule has 0 saturated heterocycles. The highest BCUT2D eigenvalue weighted by molar-refractivity contribution is 7.92. The van der Waals surface area contributed by atoms with E-state index in [-0.39, 0.29) is 22.8 Å². The van der Waals surface area contributed by atoms with Crippen LogP contribution in [0.1, 0.15) is 26.3 Å². The van der Waals surface area contributed by atoms with Crippen LogP contribution in [0.15, 0.2) is 77.7 Å². The van der Waals surface area contributed by atoms with E-state index in [2.05, 4.69) is 30.8 Å². The first-order valence-corrected chi connectivity index (χ1v) is 11.8. The minimum atomic E-state index is -3.82. The number of hydrogen-bond donors (Lipinski definition) is 2. The molecular formula is C24H25ClN2O4S. The average Bonchev–Trinajstić information content (AvgIpc) is 2.74. The predicted octanol–water partition coefficient (Wildman–Crippen LogP) is 5.46. The van der Waals surface area contributed by atoms with Crippen LogP contribution in [0.5, 0.6) is 5.75 Å². The van der Waals surface area contributed by atoms with E-state index in [9.17, 15) is 13.2 Å². The summed E-state index contributed by atoms with van der Waals surface area (Å²) in [6.07, 6.45) is 0. The molecule has 0 aliphatic heterocycles. The van der Waals surface area contributed by atoms with Gasteiger partial charge in [-0.2, -0.15) is 0 Å². The lowest BCUT2D eigenvalue weighted by Crippen LogP contribution is -2.22. The number of amides is 1. The third kappa shape index (κ3) is 6.02. The van der Waals surface area contributed by atoms with E-state index in [1.54, 1.807) is 24.3 Å². The van der Waals surface area contributed by atoms with E-state index >= 15 is 0 Å². The fourth-order valence-corrected chi connectivity index (χ4v) is 4.34. The number of sulfonamides is 1. The molecule has 0 saturated carbocycles. The molecule has 2 N–H and O–H groups in total. The molecule has 0 bridgehead atoms. The first-order valence-electron chi connectivity index (χ1n) is 9.96. The molecule has 3 aromatic rings. The first-order chi connectivity index (χ1) is 15.1. The minimum Gasteiger partial charge on any atom is -0.483 e. The van der Waals surface area contributed by atoms with Crippen molar-refractivity contribution in [1.29, 1.82) is 0 Å². The third-order valence-corrected chi connectivity index (χ3v) is 6.33. The Morgan fingerprint density at radius 3 is 2.22 bits per heavy atom. The van der Waals surface area contributed by atoms with Gasteiger partial charge in [0, 0.05) is 5.69 Å². The highest BCUT2D eigenvalue weighted by Crippen LogP contribution is 2.31. The summed E-state index contributed by atoms with van der Waals surface area (Å²) >= 11 is 6.02. The lowest BCUT2D eigenvalue weighted by molar-refractivity contribution is -0.118. The molecule has 8 heteroatoms. The van der Waals surface area contributed by atoms with Crippen molar-refractivity contribution in [2.75, 3.05) is 16.6 Å². The maximum atomic E-state index is 12.6. The molecule has 3 rings (SSSR count). The van der Waals surface area contributed by atoms with Crippen LogP contribution in [-0.4, -0.2) is 20.9 Å². The molecule has 1 amide bonds. The summed E-state index contributed by atoms with van der Waals surface area (Å²) in [5.41, 5.74) is 1.64. The van der Waals surface area contributed by atoms with Gasteiger partial charge in [-0.05, 0) is 53.4 Å². The lowest BCUT2D eigenvalue weighted by atomic mass is 9.86. The Balaban J connectivity index is 1.62. The normalized spacial score (nSPS) is 11.6. The molecule has 0 radical (unpaired) electrons. The van der Waals surface area contributed by atoms with E-state index in [0.29, 0.717) is 22.1 Å². The van der Waals surface area contributed by atoms with Crippen molar-refractivity contribution in [3.05, 3.63) is 83.4 Å². The summed E-state index contributed by atoms with van der Waals surface area (Å²) in [7, 11) is -3.82. The minimum absolute atomic E-state index is 0.0470. The highest BCUT2D eigenvalue weighted by atomic mass is 35.5. The Bertz CT molecular complexity index is 1200. The Morgan fingerprint density at radius 1 is 0.938 bits per heavy atom. The number of hydrogen-bond acceptors (Lipinski definition) is 4. The van der Waals surface area contributed by atoms with Crippen molar-refractivity contribution < 1.29 is 17.9 Å². The summed E-state index contributed by atoms with van der Waals surface area (Å²) in [6, 6.07) is 20.0. The highest BCUT2D eigenvalue weighted by Gasteiger charge is 2.19. The smallest absolute Gasteiger partial charge is 0.262 e. The zero-order chi connectivity index (χ0) is 23.4. The van der Waals surface area contributed by atoms with Crippen LogP contribution in [-0.2, 0) is 20.2 Å². The van der Waals surface area contributed by atoms with Crippen LogP contribution in [0, 0.1) is 0 Å². The zero-order valence-electron chi connectivity index (χ0n) is 18.1. The van der Waals surface area contributed by atoms with E-state index < -0.39 is 10.0 Å². The maximum absolute atomic E-state index is 12.6. The van der Waals surface area contributed by atoms with Crippen molar-refractivity contribution in [3.63, 3.8) is 0 Å². The molecule has 0 aliphatic carbocycles. The van der Waals surface area contributed by atoms with Gasteiger partial charge in [0.15, 0.2) is 6.61 Å². The van der Waals surface area contributed by atoms with Gasteiger partial charge in [0.2, 0.25) is 0 Å². The molecule has 0 fully saturated rings. The van der Waals surface area contributed by atoms with Gasteiger partial charge < -0.3 is 10.1 Å². The van der Waals surface area contributed by atoms with Crippen molar-refractivity contribution >= 4 is 38.9 Å². The number of halogens is 1. The molecule has 0 aliphatic rings. The third-order valence-electron chi connectivity index (χ3n) is 4.62. The summed E-state index contributed by atoms with van der Waals surface area (Å²) in [6.45, 7) is 6.06. The van der Waals surface area contributed by atoms with E-state index in [1.165, 1.54) is 24.3 Å². The first kappa shape index (κ1) is 23.6. The predicted molar refractivity (Wildman–Crippen MR) is 128 cm³/mol. The van der Waals surface area contributed by atoms with Gasteiger partial charge in [-0.3, -0.25) is 9.52 Å². The molecule has 0 aromatic heterocycles. The summed E-state index contributed by atoms with van der Waals surface area (Å²) < 4.78 is 33.3. The Hall–Kier alpha value is -3.03. The number of para-hydroxylation sites is 2. The molecule has 0 heterocycles. The topological polar surface area (TPSA) is 84.5 Å².